The van der Waals surface area contributed by atoms with E-state index in [-0.39, 0.29) is 24.8 Å². The second-order valence-corrected chi connectivity index (χ2v) is 4.81. The molecule has 8 heteroatoms. The monoisotopic (exact) mass is 371 g/mol. The molecule has 1 atom stereocenters. The van der Waals surface area contributed by atoms with Gasteiger partial charge in [-0.15, -0.1) is 24.8 Å². The van der Waals surface area contributed by atoms with Crippen molar-refractivity contribution in [2.45, 2.75) is 25.8 Å². The molecule has 0 aromatic heterocycles. The Morgan fingerprint density at radius 1 is 1.22 bits per heavy atom. The lowest BCUT2D eigenvalue weighted by Gasteiger charge is -2.29. The van der Waals surface area contributed by atoms with Crippen LogP contribution in [0.1, 0.15) is 25.5 Å². The van der Waals surface area contributed by atoms with E-state index < -0.39 is 31.0 Å². The van der Waals surface area contributed by atoms with Gasteiger partial charge >= 0.3 is 0 Å². The third kappa shape index (κ3) is 7.44. The summed E-state index contributed by atoms with van der Waals surface area (Å²) in [7, 11) is 0. The maximum absolute atomic E-state index is 13.2. The summed E-state index contributed by atoms with van der Waals surface area (Å²) in [6.45, 7) is 3.64. The van der Waals surface area contributed by atoms with Crippen LogP contribution in [0.2, 0.25) is 0 Å². The number of hydrogen-bond acceptors (Lipinski definition) is 3. The van der Waals surface area contributed by atoms with E-state index in [0.29, 0.717) is 13.1 Å². The molecule has 0 aliphatic carbocycles. The average Bonchev–Trinajstić information content (AvgIpc) is 2.51. The Kier molecular flexibility index (Phi) is 12.2. The van der Waals surface area contributed by atoms with Gasteiger partial charge in [0.25, 0.3) is 5.92 Å². The number of likely N-dealkylation sites (N-methyl/N-ethyl adjacent to an activating group) is 1. The zero-order chi connectivity index (χ0) is 15.9. The SMILES string of the molecule is CCN(CC)C(C(=O)NCC(F)(F)CN)c1ccccc1.Cl.Cl. The second-order valence-electron chi connectivity index (χ2n) is 4.81. The number of nitrogens with zero attached hydrogens (tertiary/aromatic N) is 1. The predicted octanol–water partition coefficient (Wildman–Crippen LogP) is 2.62. The van der Waals surface area contributed by atoms with Crippen molar-refractivity contribution in [1.29, 1.82) is 0 Å². The fourth-order valence-electron chi connectivity index (χ4n) is 2.14. The number of hydrogen-bond donors (Lipinski definition) is 2. The van der Waals surface area contributed by atoms with Crippen LogP contribution in [0, 0.1) is 0 Å². The van der Waals surface area contributed by atoms with E-state index in [1.807, 2.05) is 49.1 Å². The summed E-state index contributed by atoms with van der Waals surface area (Å²) < 4.78 is 26.4. The van der Waals surface area contributed by atoms with Crippen LogP contribution in [-0.2, 0) is 4.79 Å². The summed E-state index contributed by atoms with van der Waals surface area (Å²) in [5, 5.41) is 2.31. The van der Waals surface area contributed by atoms with Gasteiger partial charge in [0.15, 0.2) is 0 Å². The standard InChI is InChI=1S/C15H23F2N3O.2ClH/c1-3-20(4-2)13(12-8-6-5-7-9-12)14(21)19-11-15(16,17)10-18;;/h5-9,13H,3-4,10-11,18H2,1-2H3,(H,19,21);2*1H. The second kappa shape index (κ2) is 11.6. The minimum atomic E-state index is -3.08. The van der Waals surface area contributed by atoms with Gasteiger partial charge in [-0.2, -0.15) is 0 Å². The number of amides is 1. The molecule has 0 heterocycles. The molecule has 0 aliphatic rings. The number of benzene rings is 1. The molecule has 1 aromatic carbocycles. The maximum atomic E-state index is 13.2. The Hall–Kier alpha value is -0.950. The van der Waals surface area contributed by atoms with Crippen LogP contribution >= 0.6 is 24.8 Å². The largest absolute Gasteiger partial charge is 0.348 e. The molecular weight excluding hydrogens is 347 g/mol. The molecule has 0 saturated heterocycles. The van der Waals surface area contributed by atoms with Crippen molar-refractivity contribution in [3.05, 3.63) is 35.9 Å². The molecule has 134 valence electrons. The summed E-state index contributed by atoms with van der Waals surface area (Å²) >= 11 is 0. The highest BCUT2D eigenvalue weighted by Gasteiger charge is 2.31. The van der Waals surface area contributed by atoms with Gasteiger partial charge in [-0.3, -0.25) is 9.69 Å². The lowest BCUT2D eigenvalue weighted by Crippen LogP contribution is -2.46. The Balaban J connectivity index is 0. The van der Waals surface area contributed by atoms with Gasteiger partial charge in [0.2, 0.25) is 5.91 Å². The third-order valence-electron chi connectivity index (χ3n) is 3.36. The number of rotatable bonds is 8. The summed E-state index contributed by atoms with van der Waals surface area (Å²) in [6.07, 6.45) is 0. The molecular formula is C15H25Cl2F2N3O. The van der Waals surface area contributed by atoms with Gasteiger partial charge < -0.3 is 11.1 Å². The molecule has 0 fully saturated rings. The Morgan fingerprint density at radius 2 is 1.74 bits per heavy atom. The van der Waals surface area contributed by atoms with Crippen LogP contribution in [0.5, 0.6) is 0 Å². The highest BCUT2D eigenvalue weighted by atomic mass is 35.5. The van der Waals surface area contributed by atoms with Crippen molar-refractivity contribution in [2.24, 2.45) is 5.73 Å². The van der Waals surface area contributed by atoms with E-state index in [2.05, 4.69) is 5.32 Å². The number of nitrogens with one attached hydrogen (secondary N) is 1. The minimum Gasteiger partial charge on any atom is -0.348 e. The van der Waals surface area contributed by atoms with E-state index in [4.69, 9.17) is 5.73 Å². The van der Waals surface area contributed by atoms with Gasteiger partial charge in [0.1, 0.15) is 6.04 Å². The van der Waals surface area contributed by atoms with Crippen LogP contribution in [0.25, 0.3) is 0 Å². The van der Waals surface area contributed by atoms with Gasteiger partial charge in [0.05, 0.1) is 13.1 Å². The average molecular weight is 372 g/mol. The van der Waals surface area contributed by atoms with E-state index in [1.54, 1.807) is 0 Å². The van der Waals surface area contributed by atoms with E-state index in [0.717, 1.165) is 5.56 Å². The Morgan fingerprint density at radius 3 is 2.17 bits per heavy atom. The van der Waals surface area contributed by atoms with Crippen LogP contribution in [0.15, 0.2) is 30.3 Å². The lowest BCUT2D eigenvalue weighted by molar-refractivity contribution is -0.128. The molecule has 4 nitrogen and oxygen atoms in total. The number of halogens is 4. The number of carbonyl (C=O) groups is 1. The normalized spacial score (nSPS) is 12.1. The molecule has 1 amide bonds. The highest BCUT2D eigenvalue weighted by molar-refractivity contribution is 5.85. The lowest BCUT2D eigenvalue weighted by atomic mass is 10.0. The first-order chi connectivity index (χ1) is 9.95. The number of carbonyl (C=O) groups excluding carboxylic acids is 1. The van der Waals surface area contributed by atoms with Crippen molar-refractivity contribution in [1.82, 2.24) is 10.2 Å². The molecule has 0 saturated carbocycles. The molecule has 1 rings (SSSR count). The van der Waals surface area contributed by atoms with Gasteiger partial charge in [0, 0.05) is 0 Å². The van der Waals surface area contributed by atoms with E-state index >= 15 is 0 Å². The maximum Gasteiger partial charge on any atom is 0.277 e. The van der Waals surface area contributed by atoms with Gasteiger partial charge in [-0.25, -0.2) is 8.78 Å². The number of nitrogens with two attached hydrogens (primary N) is 1. The van der Waals surface area contributed by atoms with Crippen LogP contribution in [0.3, 0.4) is 0 Å². The molecule has 23 heavy (non-hydrogen) atoms. The van der Waals surface area contributed by atoms with Crippen molar-refractivity contribution in [3.8, 4) is 0 Å². The molecule has 0 spiro atoms. The van der Waals surface area contributed by atoms with Crippen molar-refractivity contribution >= 4 is 30.7 Å². The van der Waals surface area contributed by atoms with E-state index in [1.165, 1.54) is 0 Å². The smallest absolute Gasteiger partial charge is 0.277 e. The van der Waals surface area contributed by atoms with Crippen molar-refractivity contribution in [2.75, 3.05) is 26.2 Å². The van der Waals surface area contributed by atoms with Crippen molar-refractivity contribution < 1.29 is 13.6 Å². The summed E-state index contributed by atoms with van der Waals surface area (Å²) in [4.78, 5) is 14.3. The molecule has 0 bridgehead atoms. The Bertz CT molecular complexity index is 446. The highest BCUT2D eigenvalue weighted by Crippen LogP contribution is 2.21. The fraction of sp³-hybridized carbons (Fsp3) is 0.533. The van der Waals surface area contributed by atoms with Crippen LogP contribution < -0.4 is 11.1 Å². The number of alkyl halides is 2. The zero-order valence-corrected chi connectivity index (χ0v) is 14.9. The molecule has 0 radical (unpaired) electrons. The molecule has 0 aliphatic heterocycles. The first kappa shape index (κ1) is 24.3. The van der Waals surface area contributed by atoms with Crippen LogP contribution in [-0.4, -0.2) is 42.9 Å². The van der Waals surface area contributed by atoms with Crippen molar-refractivity contribution in [3.63, 3.8) is 0 Å². The Labute approximate surface area is 148 Å². The van der Waals surface area contributed by atoms with Crippen LogP contribution in [0.4, 0.5) is 8.78 Å². The first-order valence-corrected chi connectivity index (χ1v) is 7.09. The fourth-order valence-corrected chi connectivity index (χ4v) is 2.14. The summed E-state index contributed by atoms with van der Waals surface area (Å²) in [5.74, 6) is -3.52. The van der Waals surface area contributed by atoms with E-state index in [9.17, 15) is 13.6 Å². The molecule has 3 N–H and O–H groups in total. The quantitative estimate of drug-likeness (QED) is 0.738. The van der Waals surface area contributed by atoms with Gasteiger partial charge in [-0.1, -0.05) is 44.2 Å². The third-order valence-corrected chi connectivity index (χ3v) is 3.36. The minimum absolute atomic E-state index is 0. The topological polar surface area (TPSA) is 58.4 Å². The molecule has 1 unspecified atom stereocenters. The first-order valence-electron chi connectivity index (χ1n) is 7.09. The summed E-state index contributed by atoms with van der Waals surface area (Å²) in [5.41, 5.74) is 5.77. The summed E-state index contributed by atoms with van der Waals surface area (Å²) in [6, 6.07) is 8.58. The molecule has 1 aromatic rings. The zero-order valence-electron chi connectivity index (χ0n) is 13.3. The predicted molar refractivity (Wildman–Crippen MR) is 93.6 cm³/mol. The van der Waals surface area contributed by atoms with Gasteiger partial charge in [-0.05, 0) is 18.7 Å².